The van der Waals surface area contributed by atoms with Gasteiger partial charge in [0, 0.05) is 48.0 Å². The number of carbonyl (C=O) groups is 1. The SMILES string of the molecule is Nc1nc(C(=O)Nc2cc(N3CCN(S(=O)CCCCl)CC3)ccc2Br)co1. The van der Waals surface area contributed by atoms with Crippen LogP contribution in [-0.2, 0) is 11.0 Å². The summed E-state index contributed by atoms with van der Waals surface area (Å²) in [4.78, 5) is 18.3. The molecule has 0 saturated carbocycles. The molecule has 1 aliphatic rings. The lowest BCUT2D eigenvalue weighted by Gasteiger charge is -2.35. The number of hydrogen-bond donors (Lipinski definition) is 2. The van der Waals surface area contributed by atoms with Gasteiger partial charge in [0.05, 0.1) is 16.7 Å². The molecule has 0 bridgehead atoms. The summed E-state index contributed by atoms with van der Waals surface area (Å²) in [5.74, 6) is 0.725. The summed E-state index contributed by atoms with van der Waals surface area (Å²) in [7, 11) is -0.981. The molecule has 1 fully saturated rings. The summed E-state index contributed by atoms with van der Waals surface area (Å²) < 4.78 is 19.9. The van der Waals surface area contributed by atoms with Crippen molar-refractivity contribution in [3.63, 3.8) is 0 Å². The molecule has 0 spiro atoms. The molecule has 3 N–H and O–H groups in total. The number of amides is 1. The maximum atomic E-state index is 12.3. The number of carbonyl (C=O) groups excluding carboxylic acids is 1. The Morgan fingerprint density at radius 1 is 1.36 bits per heavy atom. The van der Waals surface area contributed by atoms with Crippen LogP contribution >= 0.6 is 27.5 Å². The van der Waals surface area contributed by atoms with E-state index in [-0.39, 0.29) is 11.7 Å². The molecule has 1 amide bonds. The number of anilines is 3. The monoisotopic (exact) mass is 489 g/mol. The van der Waals surface area contributed by atoms with E-state index >= 15 is 0 Å². The molecule has 2 heterocycles. The number of halogens is 2. The Hall–Kier alpha value is -1.62. The molecule has 1 aromatic heterocycles. The van der Waals surface area contributed by atoms with Gasteiger partial charge in [0.1, 0.15) is 6.26 Å². The van der Waals surface area contributed by atoms with E-state index in [0.29, 0.717) is 30.4 Å². The van der Waals surface area contributed by atoms with Crippen molar-refractivity contribution in [3.05, 3.63) is 34.6 Å². The van der Waals surface area contributed by atoms with Crippen molar-refractivity contribution in [1.29, 1.82) is 0 Å². The topological polar surface area (TPSA) is 105 Å². The maximum absolute atomic E-state index is 12.3. The third kappa shape index (κ3) is 5.25. The average molecular weight is 491 g/mol. The standard InChI is InChI=1S/C17H21BrClN5O3S/c18-13-3-2-12(10-14(13)21-16(25)15-11-27-17(20)22-15)23-5-7-24(8-6-23)28(26)9-1-4-19/h2-3,10-11H,1,4-9H2,(H2,20,22)(H,21,25). The van der Waals surface area contributed by atoms with E-state index in [4.69, 9.17) is 21.8 Å². The molecule has 152 valence electrons. The van der Waals surface area contributed by atoms with Crippen LogP contribution in [0.25, 0.3) is 0 Å². The number of benzene rings is 1. The van der Waals surface area contributed by atoms with Gasteiger partial charge in [-0.05, 0) is 40.5 Å². The second kappa shape index (κ2) is 9.73. The van der Waals surface area contributed by atoms with Gasteiger partial charge < -0.3 is 20.4 Å². The van der Waals surface area contributed by atoms with Gasteiger partial charge in [-0.1, -0.05) is 0 Å². The second-order valence-corrected chi connectivity index (χ2v) is 8.97. The Bertz CT molecular complexity index is 857. The zero-order chi connectivity index (χ0) is 20.1. The van der Waals surface area contributed by atoms with Crippen LogP contribution in [0.4, 0.5) is 17.4 Å². The minimum atomic E-state index is -0.981. The van der Waals surface area contributed by atoms with Crippen molar-refractivity contribution < 1.29 is 13.4 Å². The smallest absolute Gasteiger partial charge is 0.292 e. The van der Waals surface area contributed by atoms with Crippen LogP contribution < -0.4 is 16.0 Å². The molecule has 0 radical (unpaired) electrons. The number of nitrogen functional groups attached to an aromatic ring is 1. The Balaban J connectivity index is 1.63. The minimum Gasteiger partial charge on any atom is -0.431 e. The van der Waals surface area contributed by atoms with Gasteiger partial charge in [-0.2, -0.15) is 4.98 Å². The first-order valence-corrected chi connectivity index (χ1v) is 11.3. The Labute approximate surface area is 179 Å². The number of aromatic nitrogens is 1. The predicted molar refractivity (Wildman–Crippen MR) is 115 cm³/mol. The van der Waals surface area contributed by atoms with Gasteiger partial charge in [-0.15, -0.1) is 11.6 Å². The fourth-order valence-corrected chi connectivity index (χ4v) is 4.70. The zero-order valence-corrected chi connectivity index (χ0v) is 18.2. The Morgan fingerprint density at radius 3 is 2.75 bits per heavy atom. The lowest BCUT2D eigenvalue weighted by molar-refractivity contribution is 0.102. The number of nitrogens with zero attached hydrogens (tertiary/aromatic N) is 3. The number of piperazine rings is 1. The normalized spacial score (nSPS) is 16.1. The van der Waals surface area contributed by atoms with Gasteiger partial charge >= 0.3 is 0 Å². The third-order valence-corrected chi connectivity index (χ3v) is 6.83. The largest absolute Gasteiger partial charge is 0.431 e. The van der Waals surface area contributed by atoms with Gasteiger partial charge in [-0.25, -0.2) is 8.51 Å². The van der Waals surface area contributed by atoms with Crippen LogP contribution in [-0.4, -0.2) is 57.2 Å². The number of alkyl halides is 1. The van der Waals surface area contributed by atoms with Crippen molar-refractivity contribution in [3.8, 4) is 0 Å². The molecule has 3 rings (SSSR count). The molecular formula is C17H21BrClN5O3S. The lowest BCUT2D eigenvalue weighted by atomic mass is 10.2. The molecule has 11 heteroatoms. The summed E-state index contributed by atoms with van der Waals surface area (Å²) in [5.41, 5.74) is 7.13. The van der Waals surface area contributed by atoms with Crippen LogP contribution in [0.1, 0.15) is 16.9 Å². The molecule has 1 aromatic carbocycles. The number of oxazole rings is 1. The Kier molecular flexibility index (Phi) is 7.33. The van der Waals surface area contributed by atoms with Crippen molar-refractivity contribution >= 4 is 61.8 Å². The third-order valence-electron chi connectivity index (χ3n) is 4.30. The quantitative estimate of drug-likeness (QED) is 0.578. The molecule has 1 saturated heterocycles. The first-order valence-electron chi connectivity index (χ1n) is 8.74. The highest BCUT2D eigenvalue weighted by molar-refractivity contribution is 9.10. The highest BCUT2D eigenvalue weighted by atomic mass is 79.9. The van der Waals surface area contributed by atoms with Crippen LogP contribution in [0.3, 0.4) is 0 Å². The van der Waals surface area contributed by atoms with Crippen LogP contribution in [0.15, 0.2) is 33.4 Å². The number of rotatable bonds is 7. The second-order valence-electron chi connectivity index (χ2n) is 6.17. The first kappa shape index (κ1) is 21.1. The number of nitrogens with two attached hydrogens (primary N) is 1. The summed E-state index contributed by atoms with van der Waals surface area (Å²) in [6, 6.07) is 5.70. The molecular weight excluding hydrogens is 470 g/mol. The lowest BCUT2D eigenvalue weighted by Crippen LogP contribution is -2.47. The maximum Gasteiger partial charge on any atom is 0.292 e. The summed E-state index contributed by atoms with van der Waals surface area (Å²) in [5, 5.41) is 2.81. The van der Waals surface area contributed by atoms with Crippen LogP contribution in [0, 0.1) is 0 Å². The van der Waals surface area contributed by atoms with Gasteiger partial charge in [0.15, 0.2) is 5.69 Å². The molecule has 2 aromatic rings. The summed E-state index contributed by atoms with van der Waals surface area (Å²) >= 11 is 9.13. The van der Waals surface area contributed by atoms with Crippen LogP contribution in [0.2, 0.25) is 0 Å². The molecule has 28 heavy (non-hydrogen) atoms. The highest BCUT2D eigenvalue weighted by Crippen LogP contribution is 2.29. The number of nitrogens with one attached hydrogen (secondary N) is 1. The van der Waals surface area contributed by atoms with E-state index in [1.54, 1.807) is 0 Å². The van der Waals surface area contributed by atoms with Crippen molar-refractivity contribution in [2.24, 2.45) is 0 Å². The van der Waals surface area contributed by atoms with E-state index in [0.717, 1.165) is 29.7 Å². The first-order chi connectivity index (χ1) is 13.5. The molecule has 0 aliphatic carbocycles. The molecule has 1 atom stereocenters. The zero-order valence-electron chi connectivity index (χ0n) is 15.1. The molecule has 8 nitrogen and oxygen atoms in total. The fourth-order valence-electron chi connectivity index (χ4n) is 2.84. The average Bonchev–Trinajstić information content (AvgIpc) is 3.14. The Morgan fingerprint density at radius 2 is 2.11 bits per heavy atom. The van der Waals surface area contributed by atoms with Crippen molar-refractivity contribution in [2.75, 3.05) is 53.8 Å². The number of hydrogen-bond acceptors (Lipinski definition) is 6. The van der Waals surface area contributed by atoms with Crippen LogP contribution in [0.5, 0.6) is 0 Å². The van der Waals surface area contributed by atoms with Crippen molar-refractivity contribution in [2.45, 2.75) is 6.42 Å². The highest BCUT2D eigenvalue weighted by Gasteiger charge is 2.22. The van der Waals surface area contributed by atoms with E-state index in [1.807, 2.05) is 22.5 Å². The molecule has 1 unspecified atom stereocenters. The van der Waals surface area contributed by atoms with Gasteiger partial charge in [0.25, 0.3) is 11.9 Å². The fraction of sp³-hybridized carbons (Fsp3) is 0.412. The van der Waals surface area contributed by atoms with E-state index in [9.17, 15) is 9.00 Å². The predicted octanol–water partition coefficient (Wildman–Crippen LogP) is 2.69. The van der Waals surface area contributed by atoms with Crippen molar-refractivity contribution in [1.82, 2.24) is 9.29 Å². The summed E-state index contributed by atoms with van der Waals surface area (Å²) in [6.07, 6.45) is 1.97. The van der Waals surface area contributed by atoms with Gasteiger partial charge in [-0.3, -0.25) is 4.79 Å². The summed E-state index contributed by atoms with van der Waals surface area (Å²) in [6.45, 7) is 2.93. The van der Waals surface area contributed by atoms with E-state index < -0.39 is 16.9 Å². The van der Waals surface area contributed by atoms with Gasteiger partial charge in [0.2, 0.25) is 0 Å². The van der Waals surface area contributed by atoms with E-state index in [2.05, 4.69) is 31.1 Å². The molecule has 1 aliphatic heterocycles. The minimum absolute atomic E-state index is 0.0562. The van der Waals surface area contributed by atoms with E-state index in [1.165, 1.54) is 6.26 Å².